The smallest absolute Gasteiger partial charge is 0.228 e. The van der Waals surface area contributed by atoms with Crippen molar-refractivity contribution < 1.29 is 8.42 Å². The molecule has 120 valence electrons. The van der Waals surface area contributed by atoms with Crippen LogP contribution in [0, 0.1) is 0 Å². The highest BCUT2D eigenvalue weighted by molar-refractivity contribution is 7.91. The number of hydrogen-bond donors (Lipinski definition) is 1. The van der Waals surface area contributed by atoms with Crippen molar-refractivity contribution in [3.05, 3.63) is 42.9 Å². The third-order valence-corrected chi connectivity index (χ3v) is 5.17. The summed E-state index contributed by atoms with van der Waals surface area (Å²) < 4.78 is 27.4. The minimum absolute atomic E-state index is 0.0518. The second-order valence-electron chi connectivity index (χ2n) is 5.10. The fraction of sp³-hybridized carbons (Fsp3) is 0.267. The predicted molar refractivity (Wildman–Crippen MR) is 84.4 cm³/mol. The Morgan fingerprint density at radius 2 is 2.00 bits per heavy atom. The van der Waals surface area contributed by atoms with Crippen molar-refractivity contribution in [3.8, 4) is 11.4 Å². The first-order valence-electron chi connectivity index (χ1n) is 7.37. The number of hydrogen-bond acceptors (Lipinski definition) is 5. The maximum atomic E-state index is 12.9. The van der Waals surface area contributed by atoms with Crippen LogP contribution in [0.2, 0.25) is 0 Å². The summed E-state index contributed by atoms with van der Waals surface area (Å²) in [6, 6.07) is 8.25. The van der Waals surface area contributed by atoms with Crippen molar-refractivity contribution in [2.75, 3.05) is 0 Å². The molecule has 0 spiro atoms. The van der Waals surface area contributed by atoms with Gasteiger partial charge in [-0.15, -0.1) is 5.10 Å². The van der Waals surface area contributed by atoms with Crippen LogP contribution in [0.5, 0.6) is 0 Å². The molecular weight excluding hydrogens is 314 g/mol. The van der Waals surface area contributed by atoms with E-state index in [4.69, 9.17) is 0 Å². The van der Waals surface area contributed by atoms with Crippen LogP contribution in [0.25, 0.3) is 11.4 Å². The molecule has 3 aromatic rings. The van der Waals surface area contributed by atoms with E-state index in [1.165, 1.54) is 6.33 Å². The number of imidazole rings is 1. The highest BCUT2D eigenvalue weighted by Gasteiger charge is 2.28. The number of nitrogens with one attached hydrogen (secondary N) is 1. The molecule has 0 aliphatic heterocycles. The molecule has 1 aromatic carbocycles. The summed E-state index contributed by atoms with van der Waals surface area (Å²) in [7, 11) is -3.74. The van der Waals surface area contributed by atoms with E-state index in [2.05, 4.69) is 27.2 Å². The Morgan fingerprint density at radius 3 is 2.65 bits per heavy atom. The van der Waals surface area contributed by atoms with Gasteiger partial charge < -0.3 is 4.98 Å². The largest absolute Gasteiger partial charge is 0.343 e. The zero-order valence-corrected chi connectivity index (χ0v) is 13.5. The summed E-state index contributed by atoms with van der Waals surface area (Å²) in [4.78, 5) is 7.12. The molecule has 0 saturated carbocycles. The Balaban J connectivity index is 2.15. The van der Waals surface area contributed by atoms with Crippen molar-refractivity contribution >= 4 is 9.84 Å². The lowest BCUT2D eigenvalue weighted by atomic mass is 10.3. The van der Waals surface area contributed by atoms with Gasteiger partial charge in [0.05, 0.1) is 23.1 Å². The summed E-state index contributed by atoms with van der Waals surface area (Å²) in [6.45, 7) is 2.66. The van der Waals surface area contributed by atoms with Gasteiger partial charge >= 0.3 is 0 Å². The molecule has 0 bridgehead atoms. The van der Waals surface area contributed by atoms with Gasteiger partial charge in [0.25, 0.3) is 0 Å². The monoisotopic (exact) mass is 331 g/mol. The number of H-pyrrole nitrogens is 1. The Hall–Kier alpha value is -2.48. The van der Waals surface area contributed by atoms with Gasteiger partial charge in [0.15, 0.2) is 0 Å². The summed E-state index contributed by atoms with van der Waals surface area (Å²) in [5, 5.41) is 7.94. The molecule has 7 nitrogen and oxygen atoms in total. The first kappa shape index (κ1) is 15.4. The Kier molecular flexibility index (Phi) is 4.24. The van der Waals surface area contributed by atoms with Gasteiger partial charge in [0.1, 0.15) is 5.69 Å². The van der Waals surface area contributed by atoms with E-state index in [0.717, 1.165) is 12.8 Å². The molecule has 0 atom stereocenters. The summed E-state index contributed by atoms with van der Waals surface area (Å²) >= 11 is 0. The predicted octanol–water partition coefficient (Wildman–Crippen LogP) is 2.30. The Labute approximate surface area is 134 Å². The SMILES string of the molecule is CCCCn1nnc(S(=O)(=O)c2ccccc2)c1-c1cnc[nH]1. The van der Waals surface area contributed by atoms with Crippen LogP contribution in [-0.4, -0.2) is 33.4 Å². The van der Waals surface area contributed by atoms with Crippen LogP contribution >= 0.6 is 0 Å². The minimum atomic E-state index is -3.74. The quantitative estimate of drug-likeness (QED) is 0.748. The number of unbranched alkanes of at least 4 members (excludes halogenated alkanes) is 1. The van der Waals surface area contributed by atoms with Gasteiger partial charge in [-0.05, 0) is 18.6 Å². The van der Waals surface area contributed by atoms with E-state index < -0.39 is 9.84 Å². The van der Waals surface area contributed by atoms with Crippen LogP contribution in [0.3, 0.4) is 0 Å². The van der Waals surface area contributed by atoms with Crippen LogP contribution in [0.15, 0.2) is 52.8 Å². The van der Waals surface area contributed by atoms with Gasteiger partial charge in [-0.2, -0.15) is 0 Å². The number of aromatic nitrogens is 5. The lowest BCUT2D eigenvalue weighted by Crippen LogP contribution is -2.07. The highest BCUT2D eigenvalue weighted by atomic mass is 32.2. The van der Waals surface area contributed by atoms with E-state index in [0.29, 0.717) is 17.9 Å². The molecule has 0 saturated heterocycles. The highest BCUT2D eigenvalue weighted by Crippen LogP contribution is 2.28. The molecule has 0 radical (unpaired) electrons. The van der Waals surface area contributed by atoms with Crippen molar-refractivity contribution in [1.82, 2.24) is 25.0 Å². The minimum Gasteiger partial charge on any atom is -0.343 e. The van der Waals surface area contributed by atoms with E-state index in [1.807, 2.05) is 0 Å². The molecule has 2 aromatic heterocycles. The first-order chi connectivity index (χ1) is 11.1. The lowest BCUT2D eigenvalue weighted by molar-refractivity contribution is 0.556. The van der Waals surface area contributed by atoms with Gasteiger partial charge in [0.2, 0.25) is 14.9 Å². The van der Waals surface area contributed by atoms with Crippen molar-refractivity contribution in [3.63, 3.8) is 0 Å². The second kappa shape index (κ2) is 6.33. The maximum absolute atomic E-state index is 12.9. The van der Waals surface area contributed by atoms with Crippen molar-refractivity contribution in [2.45, 2.75) is 36.2 Å². The molecule has 0 fully saturated rings. The number of benzene rings is 1. The van der Waals surface area contributed by atoms with Gasteiger partial charge in [0, 0.05) is 6.54 Å². The third kappa shape index (κ3) is 2.89. The topological polar surface area (TPSA) is 93.5 Å². The molecule has 0 aliphatic rings. The number of aryl methyl sites for hydroxylation is 1. The van der Waals surface area contributed by atoms with Crippen LogP contribution < -0.4 is 0 Å². The molecule has 8 heteroatoms. The Morgan fingerprint density at radius 1 is 1.22 bits per heavy atom. The van der Waals surface area contributed by atoms with Crippen molar-refractivity contribution in [1.29, 1.82) is 0 Å². The standard InChI is InChI=1S/C15H17N5O2S/c1-2-3-9-20-14(13-10-16-11-17-13)15(18-19-20)23(21,22)12-7-5-4-6-8-12/h4-8,10-11H,2-3,9H2,1H3,(H,16,17). The molecule has 0 unspecified atom stereocenters. The van der Waals surface area contributed by atoms with Crippen LogP contribution in [0.4, 0.5) is 0 Å². The van der Waals surface area contributed by atoms with Gasteiger partial charge in [-0.1, -0.05) is 36.8 Å². The van der Waals surface area contributed by atoms with Crippen molar-refractivity contribution in [2.24, 2.45) is 0 Å². The average Bonchev–Trinajstić information content (AvgIpc) is 3.22. The number of sulfone groups is 1. The molecule has 3 rings (SSSR count). The second-order valence-corrected chi connectivity index (χ2v) is 6.97. The summed E-state index contributed by atoms with van der Waals surface area (Å²) in [6.07, 6.45) is 4.94. The molecule has 0 aliphatic carbocycles. The maximum Gasteiger partial charge on any atom is 0.228 e. The fourth-order valence-electron chi connectivity index (χ4n) is 2.29. The van der Waals surface area contributed by atoms with Crippen LogP contribution in [-0.2, 0) is 16.4 Å². The number of aromatic amines is 1. The first-order valence-corrected chi connectivity index (χ1v) is 8.85. The summed E-state index contributed by atoms with van der Waals surface area (Å²) in [5.74, 6) is 0. The van der Waals surface area contributed by atoms with E-state index >= 15 is 0 Å². The zero-order chi connectivity index (χ0) is 16.3. The number of rotatable bonds is 6. The fourth-order valence-corrected chi connectivity index (χ4v) is 3.65. The molecule has 2 heterocycles. The normalized spacial score (nSPS) is 11.7. The third-order valence-electron chi connectivity index (χ3n) is 3.49. The van der Waals surface area contributed by atoms with E-state index in [-0.39, 0.29) is 9.92 Å². The van der Waals surface area contributed by atoms with Gasteiger partial charge in [-0.3, -0.25) is 0 Å². The van der Waals surface area contributed by atoms with E-state index in [9.17, 15) is 8.42 Å². The molecular formula is C15H17N5O2S. The molecule has 0 amide bonds. The van der Waals surface area contributed by atoms with Gasteiger partial charge in [-0.25, -0.2) is 18.1 Å². The zero-order valence-electron chi connectivity index (χ0n) is 12.7. The lowest BCUT2D eigenvalue weighted by Gasteiger charge is -2.06. The van der Waals surface area contributed by atoms with Crippen LogP contribution in [0.1, 0.15) is 19.8 Å². The summed E-state index contributed by atoms with van der Waals surface area (Å²) in [5.41, 5.74) is 1.03. The van der Waals surface area contributed by atoms with E-state index in [1.54, 1.807) is 41.2 Å². The molecule has 23 heavy (non-hydrogen) atoms. The Bertz CT molecular complexity index is 870. The number of nitrogens with zero attached hydrogens (tertiary/aromatic N) is 4. The average molecular weight is 331 g/mol. The molecule has 1 N–H and O–H groups in total.